The molecule has 1 amide bonds. The Morgan fingerprint density at radius 2 is 1.78 bits per heavy atom. The van der Waals surface area contributed by atoms with Crippen molar-refractivity contribution in [2.75, 3.05) is 13.2 Å². The van der Waals surface area contributed by atoms with Crippen LogP contribution >= 0.6 is 0 Å². The summed E-state index contributed by atoms with van der Waals surface area (Å²) in [7, 11) is 0. The number of aliphatic hydroxyl groups excluding tert-OH is 1. The molecule has 1 aliphatic rings. The standard InChI is InChI=1S/C23H23NO3/c1-16(14-21(26)15-25)17-6-10-20(11-7-17)23(27)24-13-12-19-9-8-18-4-2-3-5-22(18)19/h2-7,9-11,14,25H,8,12-13,15H2,1H3,(H,24,27)/b16-14+. The number of carbonyl (C=O) groups is 2. The van der Waals surface area contributed by atoms with E-state index in [4.69, 9.17) is 5.11 Å². The topological polar surface area (TPSA) is 66.4 Å². The number of benzene rings is 2. The predicted octanol–water partition coefficient (Wildman–Crippen LogP) is 3.41. The molecule has 0 saturated heterocycles. The first-order valence-corrected chi connectivity index (χ1v) is 9.06. The van der Waals surface area contributed by atoms with Gasteiger partial charge in [0.15, 0.2) is 5.78 Å². The van der Waals surface area contributed by atoms with Crippen LogP contribution < -0.4 is 5.32 Å². The number of allylic oxidation sites excluding steroid dienone is 2. The Kier molecular flexibility index (Phi) is 5.99. The van der Waals surface area contributed by atoms with Gasteiger partial charge in [-0.3, -0.25) is 9.59 Å². The lowest BCUT2D eigenvalue weighted by Crippen LogP contribution is -2.24. The molecule has 2 aromatic carbocycles. The van der Waals surface area contributed by atoms with Crippen LogP contribution in [0.5, 0.6) is 0 Å². The summed E-state index contributed by atoms with van der Waals surface area (Å²) >= 11 is 0. The number of fused-ring (bicyclic) bond motifs is 1. The first kappa shape index (κ1) is 18.8. The minimum absolute atomic E-state index is 0.110. The molecule has 2 aromatic rings. The molecule has 0 aromatic heterocycles. The van der Waals surface area contributed by atoms with E-state index >= 15 is 0 Å². The Hall–Kier alpha value is -2.98. The van der Waals surface area contributed by atoms with Gasteiger partial charge in [-0.1, -0.05) is 42.5 Å². The van der Waals surface area contributed by atoms with Gasteiger partial charge in [-0.25, -0.2) is 0 Å². The second-order valence-corrected chi connectivity index (χ2v) is 6.63. The Morgan fingerprint density at radius 1 is 1.07 bits per heavy atom. The van der Waals surface area contributed by atoms with Gasteiger partial charge in [-0.05, 0) is 65.8 Å². The van der Waals surface area contributed by atoms with Crippen molar-refractivity contribution in [2.24, 2.45) is 0 Å². The van der Waals surface area contributed by atoms with Crippen molar-refractivity contribution in [2.45, 2.75) is 19.8 Å². The fourth-order valence-corrected chi connectivity index (χ4v) is 3.26. The van der Waals surface area contributed by atoms with Crippen LogP contribution in [0.15, 0.2) is 60.7 Å². The van der Waals surface area contributed by atoms with Crippen molar-refractivity contribution in [1.82, 2.24) is 5.32 Å². The average Bonchev–Trinajstić information content (AvgIpc) is 3.11. The number of ketones is 1. The van der Waals surface area contributed by atoms with Gasteiger partial charge in [0.2, 0.25) is 0 Å². The van der Waals surface area contributed by atoms with E-state index < -0.39 is 6.61 Å². The van der Waals surface area contributed by atoms with Gasteiger partial charge >= 0.3 is 0 Å². The fraction of sp³-hybridized carbons (Fsp3) is 0.217. The van der Waals surface area contributed by atoms with E-state index in [9.17, 15) is 9.59 Å². The van der Waals surface area contributed by atoms with Crippen LogP contribution in [-0.2, 0) is 11.2 Å². The minimum atomic E-state index is -0.501. The molecule has 3 rings (SSSR count). The summed E-state index contributed by atoms with van der Waals surface area (Å²) in [6.07, 6.45) is 5.41. The quantitative estimate of drug-likeness (QED) is 0.743. The highest BCUT2D eigenvalue weighted by Crippen LogP contribution is 2.29. The van der Waals surface area contributed by atoms with Crippen LogP contribution in [-0.4, -0.2) is 29.9 Å². The largest absolute Gasteiger partial charge is 0.388 e. The van der Waals surface area contributed by atoms with Crippen molar-refractivity contribution in [1.29, 1.82) is 0 Å². The van der Waals surface area contributed by atoms with Crippen LogP contribution in [0.3, 0.4) is 0 Å². The minimum Gasteiger partial charge on any atom is -0.388 e. The molecule has 0 fully saturated rings. The summed E-state index contributed by atoms with van der Waals surface area (Å²) < 4.78 is 0. The maximum atomic E-state index is 12.3. The summed E-state index contributed by atoms with van der Waals surface area (Å²) in [5, 5.41) is 11.8. The van der Waals surface area contributed by atoms with E-state index in [1.165, 1.54) is 22.8 Å². The van der Waals surface area contributed by atoms with E-state index in [1.807, 2.05) is 6.07 Å². The van der Waals surface area contributed by atoms with E-state index in [0.717, 1.165) is 24.0 Å². The van der Waals surface area contributed by atoms with Crippen molar-refractivity contribution in [3.63, 3.8) is 0 Å². The normalized spacial score (nSPS) is 13.1. The Bertz CT molecular complexity index is 907. The molecule has 0 aliphatic heterocycles. The molecular weight excluding hydrogens is 338 g/mol. The monoisotopic (exact) mass is 361 g/mol. The molecule has 0 radical (unpaired) electrons. The molecule has 4 nitrogen and oxygen atoms in total. The molecule has 1 aliphatic carbocycles. The second-order valence-electron chi connectivity index (χ2n) is 6.63. The third kappa shape index (κ3) is 4.60. The zero-order valence-electron chi connectivity index (χ0n) is 15.4. The van der Waals surface area contributed by atoms with Crippen molar-refractivity contribution < 1.29 is 14.7 Å². The average molecular weight is 361 g/mol. The van der Waals surface area contributed by atoms with Crippen LogP contribution in [0.25, 0.3) is 11.1 Å². The maximum absolute atomic E-state index is 12.3. The second kappa shape index (κ2) is 8.60. The van der Waals surface area contributed by atoms with Gasteiger partial charge in [0.25, 0.3) is 5.91 Å². The van der Waals surface area contributed by atoms with Crippen LogP contribution in [0.1, 0.15) is 40.4 Å². The van der Waals surface area contributed by atoms with E-state index in [-0.39, 0.29) is 11.7 Å². The predicted molar refractivity (Wildman–Crippen MR) is 107 cm³/mol. The van der Waals surface area contributed by atoms with Gasteiger partial charge in [-0.15, -0.1) is 0 Å². The van der Waals surface area contributed by atoms with Crippen LogP contribution in [0.4, 0.5) is 0 Å². The number of hydrogen-bond donors (Lipinski definition) is 2. The lowest BCUT2D eigenvalue weighted by molar-refractivity contribution is -0.117. The van der Waals surface area contributed by atoms with Crippen LogP contribution in [0.2, 0.25) is 0 Å². The summed E-state index contributed by atoms with van der Waals surface area (Å²) in [6.45, 7) is 1.89. The number of carbonyl (C=O) groups excluding carboxylic acids is 2. The molecule has 0 heterocycles. The van der Waals surface area contributed by atoms with Gasteiger partial charge in [0.05, 0.1) is 0 Å². The zero-order valence-corrected chi connectivity index (χ0v) is 15.4. The van der Waals surface area contributed by atoms with E-state index in [2.05, 4.69) is 29.6 Å². The summed E-state index contributed by atoms with van der Waals surface area (Å²) in [5.41, 5.74) is 6.11. The van der Waals surface area contributed by atoms with Gasteiger partial charge in [0.1, 0.15) is 6.61 Å². The molecule has 0 unspecified atom stereocenters. The first-order valence-electron chi connectivity index (χ1n) is 9.06. The molecule has 0 atom stereocenters. The van der Waals surface area contributed by atoms with E-state index in [1.54, 1.807) is 31.2 Å². The van der Waals surface area contributed by atoms with Crippen molar-refractivity contribution >= 4 is 22.8 Å². The molecule has 138 valence electrons. The molecular formula is C23H23NO3. The van der Waals surface area contributed by atoms with Gasteiger partial charge < -0.3 is 10.4 Å². The Balaban J connectivity index is 1.55. The van der Waals surface area contributed by atoms with Crippen LogP contribution in [0, 0.1) is 0 Å². The zero-order chi connectivity index (χ0) is 19.2. The number of nitrogens with one attached hydrogen (secondary N) is 1. The fourth-order valence-electron chi connectivity index (χ4n) is 3.26. The number of aliphatic hydroxyl groups is 1. The van der Waals surface area contributed by atoms with Gasteiger partial charge in [0, 0.05) is 12.1 Å². The Labute approximate surface area is 159 Å². The van der Waals surface area contributed by atoms with Gasteiger partial charge in [-0.2, -0.15) is 0 Å². The van der Waals surface area contributed by atoms with Crippen molar-refractivity contribution in [3.8, 4) is 0 Å². The number of hydrogen-bond acceptors (Lipinski definition) is 3. The lowest BCUT2D eigenvalue weighted by atomic mass is 10.0. The molecule has 0 saturated carbocycles. The van der Waals surface area contributed by atoms with E-state index in [0.29, 0.717) is 12.1 Å². The third-order valence-electron chi connectivity index (χ3n) is 4.75. The first-order chi connectivity index (χ1) is 13.1. The lowest BCUT2D eigenvalue weighted by Gasteiger charge is -2.08. The summed E-state index contributed by atoms with van der Waals surface area (Å²) in [5.74, 6) is -0.446. The molecule has 0 spiro atoms. The smallest absolute Gasteiger partial charge is 0.251 e. The molecule has 27 heavy (non-hydrogen) atoms. The van der Waals surface area contributed by atoms with Crippen molar-refractivity contribution in [3.05, 3.63) is 82.9 Å². The number of amides is 1. The highest BCUT2D eigenvalue weighted by atomic mass is 16.3. The molecule has 0 bridgehead atoms. The molecule has 2 N–H and O–H groups in total. The highest BCUT2D eigenvalue weighted by molar-refractivity contribution is 5.98. The molecule has 4 heteroatoms. The number of rotatable bonds is 7. The third-order valence-corrected chi connectivity index (χ3v) is 4.75. The highest BCUT2D eigenvalue weighted by Gasteiger charge is 2.13. The summed E-state index contributed by atoms with van der Waals surface area (Å²) in [6, 6.07) is 15.5. The Morgan fingerprint density at radius 3 is 2.52 bits per heavy atom. The summed E-state index contributed by atoms with van der Waals surface area (Å²) in [4.78, 5) is 23.6. The maximum Gasteiger partial charge on any atom is 0.251 e. The SMILES string of the molecule is C/C(=C\C(=O)CO)c1ccc(C(=O)NCCC2=CCc3ccccc32)cc1.